The molecule has 2 N–H and O–H groups in total. The lowest BCUT2D eigenvalue weighted by Gasteiger charge is -2.28. The molecule has 70 valence electrons. The van der Waals surface area contributed by atoms with Gasteiger partial charge in [0.05, 0.1) is 19.8 Å². The zero-order valence-corrected chi connectivity index (χ0v) is 7.42. The van der Waals surface area contributed by atoms with Crippen LogP contribution in [0.1, 0.15) is 19.3 Å². The van der Waals surface area contributed by atoms with E-state index >= 15 is 0 Å². The minimum absolute atomic E-state index is 0.375. The molecule has 1 heterocycles. The van der Waals surface area contributed by atoms with Crippen molar-refractivity contribution in [2.45, 2.75) is 25.4 Å². The molecule has 0 bridgehead atoms. The van der Waals surface area contributed by atoms with Crippen LogP contribution in [0.15, 0.2) is 0 Å². The molecule has 0 aromatic carbocycles. The summed E-state index contributed by atoms with van der Waals surface area (Å²) in [6, 6.07) is 0. The van der Waals surface area contributed by atoms with Gasteiger partial charge in [0.1, 0.15) is 6.10 Å². The SMILES string of the molecule is NCCC1(COC2COC2)CC1. The number of nitrogens with two attached hydrogens (primary N) is 1. The molecule has 0 aromatic heterocycles. The van der Waals surface area contributed by atoms with Crippen LogP contribution in [0.4, 0.5) is 0 Å². The summed E-state index contributed by atoms with van der Waals surface area (Å²) in [5.41, 5.74) is 5.99. The van der Waals surface area contributed by atoms with Gasteiger partial charge in [0.15, 0.2) is 0 Å². The standard InChI is InChI=1S/C9H17NO2/c10-4-3-9(1-2-9)7-12-8-5-11-6-8/h8H,1-7,10H2. The van der Waals surface area contributed by atoms with Gasteiger partial charge in [-0.05, 0) is 31.2 Å². The van der Waals surface area contributed by atoms with E-state index in [1.807, 2.05) is 0 Å². The lowest BCUT2D eigenvalue weighted by Crippen LogP contribution is -2.37. The first-order chi connectivity index (χ1) is 5.85. The third kappa shape index (κ3) is 1.79. The molecule has 0 spiro atoms. The molecule has 2 rings (SSSR count). The molecule has 2 fully saturated rings. The highest BCUT2D eigenvalue weighted by atomic mass is 16.6. The van der Waals surface area contributed by atoms with Gasteiger partial charge in [0.2, 0.25) is 0 Å². The van der Waals surface area contributed by atoms with E-state index in [0.717, 1.165) is 32.8 Å². The molecule has 0 aromatic rings. The van der Waals surface area contributed by atoms with E-state index in [4.69, 9.17) is 15.2 Å². The van der Waals surface area contributed by atoms with Crippen LogP contribution in [0, 0.1) is 5.41 Å². The first-order valence-electron chi connectivity index (χ1n) is 4.74. The largest absolute Gasteiger partial charge is 0.376 e. The van der Waals surface area contributed by atoms with Crippen molar-refractivity contribution in [2.24, 2.45) is 11.1 Å². The van der Waals surface area contributed by atoms with Gasteiger partial charge in [-0.25, -0.2) is 0 Å². The summed E-state index contributed by atoms with van der Waals surface area (Å²) in [6.07, 6.45) is 4.11. The van der Waals surface area contributed by atoms with Crippen LogP contribution in [0.25, 0.3) is 0 Å². The van der Waals surface area contributed by atoms with Crippen molar-refractivity contribution < 1.29 is 9.47 Å². The molecule has 1 saturated carbocycles. The number of hydrogen-bond donors (Lipinski definition) is 1. The van der Waals surface area contributed by atoms with Crippen molar-refractivity contribution in [3.63, 3.8) is 0 Å². The molecule has 2 aliphatic rings. The summed E-state index contributed by atoms with van der Waals surface area (Å²) in [5, 5.41) is 0. The van der Waals surface area contributed by atoms with Gasteiger partial charge in [-0.15, -0.1) is 0 Å². The Morgan fingerprint density at radius 3 is 2.58 bits per heavy atom. The Morgan fingerprint density at radius 2 is 2.17 bits per heavy atom. The summed E-state index contributed by atoms with van der Waals surface area (Å²) < 4.78 is 10.7. The minimum Gasteiger partial charge on any atom is -0.376 e. The van der Waals surface area contributed by atoms with Gasteiger partial charge < -0.3 is 15.2 Å². The summed E-state index contributed by atoms with van der Waals surface area (Å²) in [5.74, 6) is 0. The van der Waals surface area contributed by atoms with E-state index in [1.165, 1.54) is 12.8 Å². The van der Waals surface area contributed by atoms with Gasteiger partial charge >= 0.3 is 0 Å². The second-order valence-electron chi connectivity index (χ2n) is 4.01. The normalized spacial score (nSPS) is 26.8. The number of ether oxygens (including phenoxy) is 2. The van der Waals surface area contributed by atoms with Crippen molar-refractivity contribution in [1.82, 2.24) is 0 Å². The predicted molar refractivity (Wildman–Crippen MR) is 45.9 cm³/mol. The fourth-order valence-corrected chi connectivity index (χ4v) is 1.55. The fourth-order valence-electron chi connectivity index (χ4n) is 1.55. The van der Waals surface area contributed by atoms with Crippen molar-refractivity contribution in [3.05, 3.63) is 0 Å². The zero-order valence-electron chi connectivity index (χ0n) is 7.42. The number of rotatable bonds is 5. The Hall–Kier alpha value is -0.120. The Kier molecular flexibility index (Phi) is 2.35. The van der Waals surface area contributed by atoms with E-state index in [9.17, 15) is 0 Å². The fraction of sp³-hybridized carbons (Fsp3) is 1.00. The highest BCUT2D eigenvalue weighted by Crippen LogP contribution is 2.48. The van der Waals surface area contributed by atoms with Gasteiger partial charge in [-0.2, -0.15) is 0 Å². The van der Waals surface area contributed by atoms with Crippen LogP contribution < -0.4 is 5.73 Å². The van der Waals surface area contributed by atoms with Crippen molar-refractivity contribution in [1.29, 1.82) is 0 Å². The number of hydrogen-bond acceptors (Lipinski definition) is 3. The van der Waals surface area contributed by atoms with Crippen LogP contribution >= 0.6 is 0 Å². The first-order valence-corrected chi connectivity index (χ1v) is 4.74. The van der Waals surface area contributed by atoms with Crippen LogP contribution in [0.3, 0.4) is 0 Å². The monoisotopic (exact) mass is 171 g/mol. The third-order valence-corrected chi connectivity index (χ3v) is 2.86. The van der Waals surface area contributed by atoms with Gasteiger partial charge in [0, 0.05) is 0 Å². The molecule has 12 heavy (non-hydrogen) atoms. The predicted octanol–water partition coefficient (Wildman–Crippen LogP) is 0.531. The van der Waals surface area contributed by atoms with E-state index < -0.39 is 0 Å². The highest BCUT2D eigenvalue weighted by Gasteiger charge is 2.42. The average molecular weight is 171 g/mol. The molecule has 1 saturated heterocycles. The molecule has 0 unspecified atom stereocenters. The van der Waals surface area contributed by atoms with E-state index in [2.05, 4.69) is 0 Å². The summed E-state index contributed by atoms with van der Waals surface area (Å²) in [7, 11) is 0. The molecule has 3 heteroatoms. The first kappa shape index (κ1) is 8.48. The Bertz CT molecular complexity index is 153. The summed E-state index contributed by atoms with van der Waals surface area (Å²) in [4.78, 5) is 0. The average Bonchev–Trinajstić information content (AvgIpc) is 2.67. The maximum absolute atomic E-state index is 5.68. The van der Waals surface area contributed by atoms with Crippen molar-refractivity contribution in [2.75, 3.05) is 26.4 Å². The topological polar surface area (TPSA) is 44.5 Å². The molecule has 3 nitrogen and oxygen atoms in total. The zero-order chi connectivity index (χ0) is 8.44. The molecular formula is C9H17NO2. The van der Waals surface area contributed by atoms with E-state index in [-0.39, 0.29) is 0 Å². The summed E-state index contributed by atoms with van der Waals surface area (Å²) in [6.45, 7) is 3.28. The van der Waals surface area contributed by atoms with Crippen LogP contribution in [0.2, 0.25) is 0 Å². The Balaban J connectivity index is 1.64. The Morgan fingerprint density at radius 1 is 1.42 bits per heavy atom. The van der Waals surface area contributed by atoms with Gasteiger partial charge in [-0.3, -0.25) is 0 Å². The molecule has 1 aliphatic heterocycles. The lowest BCUT2D eigenvalue weighted by atomic mass is 10.0. The second-order valence-corrected chi connectivity index (χ2v) is 4.01. The molecular weight excluding hydrogens is 154 g/mol. The second kappa shape index (κ2) is 3.32. The summed E-state index contributed by atoms with van der Waals surface area (Å²) >= 11 is 0. The van der Waals surface area contributed by atoms with Crippen LogP contribution in [-0.2, 0) is 9.47 Å². The smallest absolute Gasteiger partial charge is 0.104 e. The minimum atomic E-state index is 0.375. The molecule has 0 radical (unpaired) electrons. The van der Waals surface area contributed by atoms with Crippen LogP contribution in [-0.4, -0.2) is 32.5 Å². The third-order valence-electron chi connectivity index (χ3n) is 2.86. The van der Waals surface area contributed by atoms with Crippen molar-refractivity contribution >= 4 is 0 Å². The van der Waals surface area contributed by atoms with Crippen LogP contribution in [0.5, 0.6) is 0 Å². The highest BCUT2D eigenvalue weighted by molar-refractivity contribution is 4.93. The quantitative estimate of drug-likeness (QED) is 0.656. The molecule has 0 amide bonds. The van der Waals surface area contributed by atoms with E-state index in [1.54, 1.807) is 0 Å². The maximum Gasteiger partial charge on any atom is 0.104 e. The lowest BCUT2D eigenvalue weighted by molar-refractivity contribution is -0.138. The van der Waals surface area contributed by atoms with Crippen molar-refractivity contribution in [3.8, 4) is 0 Å². The van der Waals surface area contributed by atoms with E-state index in [0.29, 0.717) is 11.5 Å². The van der Waals surface area contributed by atoms with Gasteiger partial charge in [0.25, 0.3) is 0 Å². The molecule has 0 atom stereocenters. The molecule has 1 aliphatic carbocycles. The van der Waals surface area contributed by atoms with Gasteiger partial charge in [-0.1, -0.05) is 0 Å². The maximum atomic E-state index is 5.68. The Labute approximate surface area is 73.2 Å².